The molecule has 0 atom stereocenters. The first-order valence-electron chi connectivity index (χ1n) is 9.65. The number of nitrogens with zero attached hydrogens (tertiary/aromatic N) is 5. The molecule has 0 radical (unpaired) electrons. The summed E-state index contributed by atoms with van der Waals surface area (Å²) >= 11 is 6.04. The molecular weight excluding hydrogens is 423 g/mol. The highest BCUT2D eigenvalue weighted by Crippen LogP contribution is 2.30. The average molecular weight is 441 g/mol. The quantitative estimate of drug-likeness (QED) is 0.519. The Morgan fingerprint density at radius 1 is 1.32 bits per heavy atom. The number of likely N-dealkylation sites (tertiary alicyclic amines) is 1. The number of carbonyl (C=O) groups is 1. The molecule has 1 aliphatic heterocycles. The monoisotopic (exact) mass is 440 g/mol. The molecule has 4 aromatic rings. The first-order valence-corrected chi connectivity index (χ1v) is 10.0. The van der Waals surface area contributed by atoms with Gasteiger partial charge < -0.3 is 14.7 Å². The van der Waals surface area contributed by atoms with Crippen LogP contribution in [-0.2, 0) is 0 Å². The van der Waals surface area contributed by atoms with Gasteiger partial charge in [0.15, 0.2) is 0 Å². The van der Waals surface area contributed by atoms with Gasteiger partial charge >= 0.3 is 0 Å². The molecular formula is C21H18ClFN6O2. The molecule has 4 heterocycles. The Morgan fingerprint density at radius 3 is 2.90 bits per heavy atom. The summed E-state index contributed by atoms with van der Waals surface area (Å²) in [5.41, 5.74) is 1.88. The maximum atomic E-state index is 14.6. The minimum atomic E-state index is -0.483. The Morgan fingerprint density at radius 2 is 2.13 bits per heavy atom. The summed E-state index contributed by atoms with van der Waals surface area (Å²) < 4.78 is 21.6. The molecule has 0 saturated carbocycles. The molecule has 5 rings (SSSR count). The van der Waals surface area contributed by atoms with Crippen molar-refractivity contribution in [3.8, 4) is 11.4 Å². The molecule has 1 amide bonds. The molecule has 3 aromatic heterocycles. The molecule has 1 N–H and O–H groups in total. The van der Waals surface area contributed by atoms with Crippen molar-refractivity contribution in [1.82, 2.24) is 24.4 Å². The molecule has 31 heavy (non-hydrogen) atoms. The largest absolute Gasteiger partial charge is 0.339 e. The summed E-state index contributed by atoms with van der Waals surface area (Å²) in [7, 11) is 2.01. The molecule has 1 aromatic carbocycles. The van der Waals surface area contributed by atoms with Crippen LogP contribution in [0.3, 0.4) is 0 Å². The van der Waals surface area contributed by atoms with E-state index in [-0.39, 0.29) is 17.4 Å². The standard InChI is InChI=1S/C21H18ClFN6O2/c1-11-15(23)5-12(19-26-21(31-27-19)13-8-28(2)9-13)6-16(11)25-20(30)17-7-24-18-4-3-14(22)10-29(17)18/h3-7,10,13H,8-9H2,1-2H3,(H,25,30). The van der Waals surface area contributed by atoms with E-state index < -0.39 is 11.7 Å². The van der Waals surface area contributed by atoms with Crippen molar-refractivity contribution in [2.24, 2.45) is 0 Å². The van der Waals surface area contributed by atoms with Crippen LogP contribution in [-0.4, -0.2) is 50.5 Å². The van der Waals surface area contributed by atoms with Gasteiger partial charge in [-0.15, -0.1) is 0 Å². The number of aromatic nitrogens is 4. The molecule has 1 fully saturated rings. The van der Waals surface area contributed by atoms with Crippen LogP contribution in [0, 0.1) is 12.7 Å². The van der Waals surface area contributed by atoms with Crippen LogP contribution in [0.4, 0.5) is 10.1 Å². The summed E-state index contributed by atoms with van der Waals surface area (Å²) in [6.07, 6.45) is 3.04. The van der Waals surface area contributed by atoms with Crippen molar-refractivity contribution >= 4 is 28.8 Å². The predicted molar refractivity (Wildman–Crippen MR) is 113 cm³/mol. The van der Waals surface area contributed by atoms with Gasteiger partial charge in [0, 0.05) is 36.1 Å². The number of likely N-dealkylation sites (N-methyl/N-ethyl adjacent to an activating group) is 1. The van der Waals surface area contributed by atoms with E-state index in [0.717, 1.165) is 13.1 Å². The average Bonchev–Trinajstić information content (AvgIpc) is 3.35. The number of rotatable bonds is 4. The van der Waals surface area contributed by atoms with Crippen molar-refractivity contribution in [3.05, 3.63) is 64.6 Å². The predicted octanol–water partition coefficient (Wildman–Crippen LogP) is 3.77. The lowest BCUT2D eigenvalue weighted by Crippen LogP contribution is -2.41. The highest BCUT2D eigenvalue weighted by molar-refractivity contribution is 6.30. The molecule has 0 bridgehead atoms. The van der Waals surface area contributed by atoms with Crippen LogP contribution in [0.25, 0.3) is 17.0 Å². The third kappa shape index (κ3) is 3.55. The van der Waals surface area contributed by atoms with Gasteiger partial charge in [-0.05, 0) is 38.2 Å². The van der Waals surface area contributed by atoms with Crippen LogP contribution >= 0.6 is 11.6 Å². The summed E-state index contributed by atoms with van der Waals surface area (Å²) in [5, 5.41) is 7.22. The van der Waals surface area contributed by atoms with Crippen molar-refractivity contribution in [3.63, 3.8) is 0 Å². The number of anilines is 1. The van der Waals surface area contributed by atoms with Gasteiger partial charge in [-0.2, -0.15) is 4.98 Å². The van der Waals surface area contributed by atoms with E-state index in [9.17, 15) is 9.18 Å². The third-order valence-electron chi connectivity index (χ3n) is 5.41. The first-order chi connectivity index (χ1) is 14.9. The smallest absolute Gasteiger partial charge is 0.274 e. The van der Waals surface area contributed by atoms with Gasteiger partial charge in [-0.1, -0.05) is 16.8 Å². The van der Waals surface area contributed by atoms with E-state index in [4.69, 9.17) is 16.1 Å². The maximum absolute atomic E-state index is 14.6. The maximum Gasteiger partial charge on any atom is 0.274 e. The van der Waals surface area contributed by atoms with Gasteiger partial charge in [-0.3, -0.25) is 9.20 Å². The van der Waals surface area contributed by atoms with Gasteiger partial charge in [0.1, 0.15) is 17.2 Å². The van der Waals surface area contributed by atoms with Crippen LogP contribution < -0.4 is 5.32 Å². The van der Waals surface area contributed by atoms with Crippen LogP contribution in [0.5, 0.6) is 0 Å². The summed E-state index contributed by atoms with van der Waals surface area (Å²) in [6.45, 7) is 3.27. The van der Waals surface area contributed by atoms with E-state index >= 15 is 0 Å². The summed E-state index contributed by atoms with van der Waals surface area (Å²) in [4.78, 5) is 23.6. The molecule has 1 saturated heterocycles. The fourth-order valence-electron chi connectivity index (χ4n) is 3.62. The second kappa shape index (κ2) is 7.44. The molecule has 1 aliphatic rings. The first kappa shape index (κ1) is 19.7. The second-order valence-corrected chi connectivity index (χ2v) is 8.11. The van der Waals surface area contributed by atoms with Crippen molar-refractivity contribution in [2.75, 3.05) is 25.5 Å². The number of fused-ring (bicyclic) bond motifs is 1. The van der Waals surface area contributed by atoms with Crippen molar-refractivity contribution < 1.29 is 13.7 Å². The van der Waals surface area contributed by atoms with Crippen LogP contribution in [0.1, 0.15) is 27.9 Å². The topological polar surface area (TPSA) is 88.6 Å². The van der Waals surface area contributed by atoms with Gasteiger partial charge in [0.2, 0.25) is 11.7 Å². The zero-order valence-electron chi connectivity index (χ0n) is 16.8. The van der Waals surface area contributed by atoms with E-state index in [2.05, 4.69) is 25.3 Å². The molecule has 10 heteroatoms. The van der Waals surface area contributed by atoms with Gasteiger partial charge in [0.25, 0.3) is 5.91 Å². The second-order valence-electron chi connectivity index (χ2n) is 7.68. The van der Waals surface area contributed by atoms with E-state index in [1.807, 2.05) is 7.05 Å². The van der Waals surface area contributed by atoms with E-state index in [1.54, 1.807) is 35.7 Å². The SMILES string of the molecule is Cc1c(F)cc(-c2noc(C3CN(C)C3)n2)cc1NC(=O)c1cnc2ccc(Cl)cn12. The molecule has 158 valence electrons. The highest BCUT2D eigenvalue weighted by Gasteiger charge is 2.30. The Balaban J connectivity index is 1.45. The molecule has 8 nitrogen and oxygen atoms in total. The minimum Gasteiger partial charge on any atom is -0.339 e. The van der Waals surface area contributed by atoms with Crippen molar-refractivity contribution in [1.29, 1.82) is 0 Å². The third-order valence-corrected chi connectivity index (χ3v) is 5.63. The Kier molecular flexibility index (Phi) is 4.71. The number of pyridine rings is 1. The number of imidazole rings is 1. The Labute approximate surface area is 181 Å². The van der Waals surface area contributed by atoms with Gasteiger partial charge in [-0.25, -0.2) is 9.37 Å². The van der Waals surface area contributed by atoms with Crippen LogP contribution in [0.15, 0.2) is 41.2 Å². The number of amides is 1. The minimum absolute atomic E-state index is 0.183. The number of benzene rings is 1. The fourth-order valence-corrected chi connectivity index (χ4v) is 3.78. The van der Waals surface area contributed by atoms with Crippen molar-refractivity contribution in [2.45, 2.75) is 12.8 Å². The fraction of sp³-hybridized carbons (Fsp3) is 0.238. The Hall–Kier alpha value is -3.30. The molecule has 0 unspecified atom stereocenters. The lowest BCUT2D eigenvalue weighted by atomic mass is 10.0. The highest BCUT2D eigenvalue weighted by atomic mass is 35.5. The van der Waals surface area contributed by atoms with Crippen LogP contribution in [0.2, 0.25) is 5.02 Å². The summed E-state index contributed by atoms with van der Waals surface area (Å²) in [5.74, 6) is 0.0648. The zero-order valence-corrected chi connectivity index (χ0v) is 17.5. The number of halogens is 2. The lowest BCUT2D eigenvalue weighted by molar-refractivity contribution is 0.102. The molecule has 0 spiro atoms. The Bertz CT molecular complexity index is 1310. The summed E-state index contributed by atoms with van der Waals surface area (Å²) in [6, 6.07) is 6.36. The normalized spacial score (nSPS) is 14.7. The number of hydrogen-bond donors (Lipinski definition) is 1. The lowest BCUT2D eigenvalue weighted by Gasteiger charge is -2.33. The molecule has 0 aliphatic carbocycles. The number of nitrogens with one attached hydrogen (secondary N) is 1. The van der Waals surface area contributed by atoms with E-state index in [1.165, 1.54) is 12.3 Å². The number of hydrogen-bond acceptors (Lipinski definition) is 6. The number of carbonyl (C=O) groups excluding carboxylic acids is 1. The zero-order chi connectivity index (χ0) is 21.7. The van der Waals surface area contributed by atoms with Gasteiger partial charge in [0.05, 0.1) is 17.1 Å². The van der Waals surface area contributed by atoms with E-state index in [0.29, 0.717) is 33.4 Å².